The van der Waals surface area contributed by atoms with Crippen LogP contribution < -0.4 is 10.1 Å². The number of alkyl halides is 3. The summed E-state index contributed by atoms with van der Waals surface area (Å²) in [6.07, 6.45) is 1.13. The van der Waals surface area contributed by atoms with E-state index in [9.17, 15) is 27.9 Å². The topological polar surface area (TPSA) is 93.5 Å². The molecule has 0 saturated carbocycles. The Hall–Kier alpha value is -4.34. The molecular formula is C29H28F3N3O4. The number of hydrogen-bond donors (Lipinski definition) is 2. The summed E-state index contributed by atoms with van der Waals surface area (Å²) in [6, 6.07) is 18.3. The summed E-state index contributed by atoms with van der Waals surface area (Å²) in [5.41, 5.74) is 1.76. The molecular weight excluding hydrogens is 511 g/mol. The van der Waals surface area contributed by atoms with Crippen LogP contribution in [-0.2, 0) is 24.4 Å². The third-order valence-corrected chi connectivity index (χ3v) is 6.32. The molecule has 1 heterocycles. The fraction of sp³-hybridized carbons (Fsp3) is 0.276. The van der Waals surface area contributed by atoms with Crippen LogP contribution >= 0.6 is 0 Å². The Balaban J connectivity index is 1.38. The first-order chi connectivity index (χ1) is 18.7. The van der Waals surface area contributed by atoms with Gasteiger partial charge in [-0.2, -0.15) is 18.3 Å². The third-order valence-electron chi connectivity index (χ3n) is 6.32. The van der Waals surface area contributed by atoms with Gasteiger partial charge in [-0.3, -0.25) is 4.79 Å². The number of hydrogen-bond acceptors (Lipinski definition) is 4. The number of nitrogens with zero attached hydrogens (tertiary/aromatic N) is 2. The van der Waals surface area contributed by atoms with Crippen LogP contribution in [0, 0.1) is 0 Å². The monoisotopic (exact) mass is 539 g/mol. The predicted molar refractivity (Wildman–Crippen MR) is 138 cm³/mol. The maximum absolute atomic E-state index is 13.0. The van der Waals surface area contributed by atoms with E-state index >= 15 is 0 Å². The van der Waals surface area contributed by atoms with E-state index in [2.05, 4.69) is 10.4 Å². The van der Waals surface area contributed by atoms with Gasteiger partial charge in [-0.05, 0) is 36.0 Å². The molecule has 1 atom stereocenters. The summed E-state index contributed by atoms with van der Waals surface area (Å²) < 4.78 is 46.0. The molecule has 0 fully saturated rings. The van der Waals surface area contributed by atoms with E-state index in [0.29, 0.717) is 6.54 Å². The van der Waals surface area contributed by atoms with Gasteiger partial charge in [0.2, 0.25) is 11.8 Å². The number of amides is 1. The van der Waals surface area contributed by atoms with Crippen molar-refractivity contribution in [3.8, 4) is 5.88 Å². The molecule has 7 nitrogen and oxygen atoms in total. The van der Waals surface area contributed by atoms with Crippen LogP contribution in [0.5, 0.6) is 5.88 Å². The Labute approximate surface area is 223 Å². The average molecular weight is 540 g/mol. The molecule has 1 aromatic heterocycles. The number of ether oxygens (including phenoxy) is 1. The van der Waals surface area contributed by atoms with Crippen molar-refractivity contribution in [3.63, 3.8) is 0 Å². The largest absolute Gasteiger partial charge is 0.476 e. The van der Waals surface area contributed by atoms with E-state index in [0.717, 1.165) is 30.0 Å². The normalized spacial score (nSPS) is 15.1. The number of aryl methyl sites for hydroxylation is 1. The number of aromatic carboxylic acids is 1. The summed E-state index contributed by atoms with van der Waals surface area (Å²) >= 11 is 0. The fourth-order valence-electron chi connectivity index (χ4n) is 4.33. The molecule has 1 aliphatic carbocycles. The van der Waals surface area contributed by atoms with Gasteiger partial charge < -0.3 is 15.2 Å². The lowest BCUT2D eigenvalue weighted by atomic mass is 9.87. The van der Waals surface area contributed by atoms with E-state index in [1.165, 1.54) is 28.5 Å². The Morgan fingerprint density at radius 2 is 1.85 bits per heavy atom. The highest BCUT2D eigenvalue weighted by Gasteiger charge is 2.33. The SMILES string of the molecule is O=C(Cn1nc(C(=O)O)cc1OCc1ccccc1C1C=CC(C(F)(F)F)=CC1)NCCCc1ccccc1. The first kappa shape index (κ1) is 27.7. The molecule has 0 spiro atoms. The number of rotatable bonds is 11. The molecule has 0 radical (unpaired) electrons. The number of halogens is 3. The lowest BCUT2D eigenvalue weighted by Crippen LogP contribution is -2.29. The molecule has 1 unspecified atom stereocenters. The number of aromatic nitrogens is 2. The Morgan fingerprint density at radius 1 is 1.10 bits per heavy atom. The minimum absolute atomic E-state index is 0.0137. The van der Waals surface area contributed by atoms with Crippen LogP contribution in [0.1, 0.15) is 45.9 Å². The summed E-state index contributed by atoms with van der Waals surface area (Å²) in [5, 5.41) is 16.2. The predicted octanol–water partition coefficient (Wildman–Crippen LogP) is 5.44. The first-order valence-electron chi connectivity index (χ1n) is 12.5. The molecule has 3 aromatic rings. The van der Waals surface area contributed by atoms with Crippen LogP contribution in [-0.4, -0.2) is 39.5 Å². The first-order valence-corrected chi connectivity index (χ1v) is 12.5. The summed E-state index contributed by atoms with van der Waals surface area (Å²) in [4.78, 5) is 24.0. The number of carboxylic acid groups (broad SMARTS) is 1. The van der Waals surface area contributed by atoms with E-state index in [1.54, 1.807) is 18.2 Å². The Morgan fingerprint density at radius 3 is 2.54 bits per heavy atom. The maximum atomic E-state index is 13.0. The lowest BCUT2D eigenvalue weighted by molar-refractivity contribution is -0.122. The summed E-state index contributed by atoms with van der Waals surface area (Å²) in [7, 11) is 0. The van der Waals surface area contributed by atoms with Gasteiger partial charge in [-0.15, -0.1) is 0 Å². The Bertz CT molecular complexity index is 1360. The molecule has 4 rings (SSSR count). The van der Waals surface area contributed by atoms with Gasteiger partial charge in [0.05, 0.1) is 5.57 Å². The zero-order valence-corrected chi connectivity index (χ0v) is 21.0. The highest BCUT2D eigenvalue weighted by molar-refractivity contribution is 5.85. The lowest BCUT2D eigenvalue weighted by Gasteiger charge is -2.21. The van der Waals surface area contributed by atoms with Gasteiger partial charge in [-0.25, -0.2) is 9.48 Å². The van der Waals surface area contributed by atoms with Gasteiger partial charge in [0.1, 0.15) is 13.2 Å². The van der Waals surface area contributed by atoms with Gasteiger partial charge >= 0.3 is 12.1 Å². The third kappa shape index (κ3) is 7.59. The number of carbonyl (C=O) groups excluding carboxylic acids is 1. The second-order valence-corrected chi connectivity index (χ2v) is 9.12. The van der Waals surface area contributed by atoms with Crippen molar-refractivity contribution in [2.75, 3.05) is 6.54 Å². The number of carboxylic acids is 1. The van der Waals surface area contributed by atoms with Gasteiger partial charge in [-0.1, -0.05) is 72.8 Å². The molecule has 39 heavy (non-hydrogen) atoms. The smallest absolute Gasteiger partial charge is 0.416 e. The van der Waals surface area contributed by atoms with Crippen LogP contribution in [0.4, 0.5) is 13.2 Å². The standard InChI is InChI=1S/C29H28F3N3O4/c30-29(31,32)23-14-12-21(13-15-23)24-11-5-4-10-22(24)19-39-27-17-25(28(37)38)34-35(27)18-26(36)33-16-6-9-20-7-2-1-3-8-20/h1-5,7-8,10-12,14-15,17,21H,6,9,13,16,18-19H2,(H,33,36)(H,37,38). The minimum atomic E-state index is -4.39. The van der Waals surface area contributed by atoms with Crippen LogP contribution in [0.25, 0.3) is 0 Å². The number of nitrogens with one attached hydrogen (secondary N) is 1. The number of carbonyl (C=O) groups is 2. The molecule has 2 aromatic carbocycles. The van der Waals surface area contributed by atoms with Crippen molar-refractivity contribution >= 4 is 11.9 Å². The second kappa shape index (κ2) is 12.5. The van der Waals surface area contributed by atoms with Gasteiger partial charge in [0.15, 0.2) is 5.69 Å². The van der Waals surface area contributed by atoms with Crippen LogP contribution in [0.3, 0.4) is 0 Å². The zero-order valence-electron chi connectivity index (χ0n) is 21.0. The summed E-state index contributed by atoms with van der Waals surface area (Å²) in [6.45, 7) is 0.232. The zero-order chi connectivity index (χ0) is 27.8. The molecule has 0 saturated heterocycles. The van der Waals surface area contributed by atoms with Crippen LogP contribution in [0.15, 0.2) is 84.5 Å². The van der Waals surface area contributed by atoms with E-state index in [-0.39, 0.29) is 43.0 Å². The van der Waals surface area contributed by atoms with Crippen LogP contribution in [0.2, 0.25) is 0 Å². The highest BCUT2D eigenvalue weighted by Crippen LogP contribution is 2.35. The van der Waals surface area contributed by atoms with E-state index < -0.39 is 17.7 Å². The number of benzene rings is 2. The second-order valence-electron chi connectivity index (χ2n) is 9.12. The molecule has 204 valence electrons. The van der Waals surface area contributed by atoms with Gasteiger partial charge in [0.25, 0.3) is 0 Å². The highest BCUT2D eigenvalue weighted by atomic mass is 19.4. The maximum Gasteiger partial charge on any atom is 0.416 e. The quantitative estimate of drug-likeness (QED) is 0.317. The minimum Gasteiger partial charge on any atom is -0.476 e. The van der Waals surface area contributed by atoms with Crippen molar-refractivity contribution in [2.24, 2.45) is 0 Å². The molecule has 1 aliphatic rings. The molecule has 0 aliphatic heterocycles. The molecule has 1 amide bonds. The molecule has 2 N–H and O–H groups in total. The van der Waals surface area contributed by atoms with Crippen molar-refractivity contribution in [1.29, 1.82) is 0 Å². The van der Waals surface area contributed by atoms with Crippen molar-refractivity contribution in [3.05, 3.63) is 107 Å². The average Bonchev–Trinajstić information content (AvgIpc) is 3.33. The molecule has 10 heteroatoms. The fourth-order valence-corrected chi connectivity index (χ4v) is 4.33. The Kier molecular flexibility index (Phi) is 8.85. The van der Waals surface area contributed by atoms with Gasteiger partial charge in [0, 0.05) is 18.5 Å². The summed E-state index contributed by atoms with van der Waals surface area (Å²) in [5.74, 6) is -1.77. The molecule has 0 bridgehead atoms. The van der Waals surface area contributed by atoms with E-state index in [4.69, 9.17) is 4.74 Å². The number of allylic oxidation sites excluding steroid dienone is 4. The van der Waals surface area contributed by atoms with Crippen molar-refractivity contribution < 1.29 is 32.6 Å². The van der Waals surface area contributed by atoms with Crippen molar-refractivity contribution in [1.82, 2.24) is 15.1 Å². The van der Waals surface area contributed by atoms with Crippen molar-refractivity contribution in [2.45, 2.75) is 44.5 Å². The van der Waals surface area contributed by atoms with E-state index in [1.807, 2.05) is 36.4 Å².